The molecular weight excluding hydrogens is 323 g/mol. The summed E-state index contributed by atoms with van der Waals surface area (Å²) in [6.07, 6.45) is 1.60. The number of anilines is 2. The van der Waals surface area contributed by atoms with Gasteiger partial charge in [0.1, 0.15) is 0 Å². The summed E-state index contributed by atoms with van der Waals surface area (Å²) in [6, 6.07) is 9.92. The molecule has 0 atom stereocenters. The fraction of sp³-hybridized carbons (Fsp3) is 0. The van der Waals surface area contributed by atoms with Crippen LogP contribution in [0.25, 0.3) is 10.9 Å². The van der Waals surface area contributed by atoms with E-state index in [-0.39, 0.29) is 11.9 Å². The van der Waals surface area contributed by atoms with E-state index in [0.717, 1.165) is 5.39 Å². The van der Waals surface area contributed by atoms with Crippen LogP contribution in [0.5, 0.6) is 0 Å². The van der Waals surface area contributed by atoms with Crippen LogP contribution >= 0.6 is 23.2 Å². The molecule has 3 N–H and O–H groups in total. The normalized spacial score (nSPS) is 10.6. The summed E-state index contributed by atoms with van der Waals surface area (Å²) >= 11 is 11.8. The average Bonchev–Trinajstić information content (AvgIpc) is 2.46. The average molecular weight is 333 g/mol. The second-order valence-electron chi connectivity index (χ2n) is 4.61. The zero-order chi connectivity index (χ0) is 15.7. The molecule has 0 spiro atoms. The second kappa shape index (κ2) is 5.79. The quantitative estimate of drug-likeness (QED) is 0.748. The number of nitrogens with zero attached hydrogens (tertiary/aromatic N) is 2. The number of carbonyl (C=O) groups is 1. The molecule has 0 fully saturated rings. The van der Waals surface area contributed by atoms with Crippen molar-refractivity contribution in [2.45, 2.75) is 0 Å². The molecular formula is C15H10Cl2N4O. The van der Waals surface area contributed by atoms with E-state index in [9.17, 15) is 4.79 Å². The number of nitrogens with two attached hydrogens (primary N) is 1. The van der Waals surface area contributed by atoms with Gasteiger partial charge in [0.15, 0.2) is 0 Å². The summed E-state index contributed by atoms with van der Waals surface area (Å²) in [5.41, 5.74) is 7.23. The van der Waals surface area contributed by atoms with E-state index >= 15 is 0 Å². The van der Waals surface area contributed by atoms with Gasteiger partial charge in [-0.2, -0.15) is 0 Å². The van der Waals surface area contributed by atoms with Crippen molar-refractivity contribution in [3.8, 4) is 0 Å². The number of carbonyl (C=O) groups excluding carboxylic acids is 1. The lowest BCUT2D eigenvalue weighted by Crippen LogP contribution is -2.11. The summed E-state index contributed by atoms with van der Waals surface area (Å²) < 4.78 is 0. The van der Waals surface area contributed by atoms with Gasteiger partial charge in [-0.05, 0) is 36.4 Å². The number of benzene rings is 2. The number of nitrogen functional groups attached to an aromatic ring is 1. The van der Waals surface area contributed by atoms with E-state index in [4.69, 9.17) is 28.9 Å². The second-order valence-corrected chi connectivity index (χ2v) is 5.49. The Labute approximate surface area is 136 Å². The van der Waals surface area contributed by atoms with Gasteiger partial charge < -0.3 is 11.1 Å². The molecule has 3 rings (SSSR count). The van der Waals surface area contributed by atoms with Crippen LogP contribution in [-0.2, 0) is 0 Å². The lowest BCUT2D eigenvalue weighted by molar-refractivity contribution is 0.102. The first kappa shape index (κ1) is 14.6. The lowest BCUT2D eigenvalue weighted by Gasteiger charge is -2.07. The van der Waals surface area contributed by atoms with E-state index in [1.165, 1.54) is 0 Å². The molecule has 0 aliphatic heterocycles. The van der Waals surface area contributed by atoms with Crippen LogP contribution < -0.4 is 11.1 Å². The zero-order valence-corrected chi connectivity index (χ0v) is 12.7. The van der Waals surface area contributed by atoms with Gasteiger partial charge in [-0.15, -0.1) is 0 Å². The zero-order valence-electron chi connectivity index (χ0n) is 11.2. The highest BCUT2D eigenvalue weighted by atomic mass is 35.5. The molecule has 5 nitrogen and oxygen atoms in total. The molecule has 0 bridgehead atoms. The SMILES string of the molecule is Nc1ncc2cc(NC(=O)c3cc(Cl)cc(Cl)c3)ccc2n1. The fourth-order valence-corrected chi connectivity index (χ4v) is 2.54. The third-order valence-corrected chi connectivity index (χ3v) is 3.42. The Hall–Kier alpha value is -2.37. The predicted octanol–water partition coefficient (Wildman–Crippen LogP) is 3.77. The smallest absolute Gasteiger partial charge is 0.255 e. The Morgan fingerprint density at radius 2 is 1.82 bits per heavy atom. The number of hydrogen-bond acceptors (Lipinski definition) is 4. The highest BCUT2D eigenvalue weighted by Gasteiger charge is 2.09. The molecule has 0 radical (unpaired) electrons. The number of nitrogens with one attached hydrogen (secondary N) is 1. The Kier molecular flexibility index (Phi) is 3.83. The maximum Gasteiger partial charge on any atom is 0.255 e. The standard InChI is InChI=1S/C15H10Cl2N4O/c16-10-3-8(4-11(17)6-10)14(22)20-12-1-2-13-9(5-12)7-19-15(18)21-13/h1-7H,(H,20,22)(H2,18,19,21). The minimum atomic E-state index is -0.305. The van der Waals surface area contributed by atoms with E-state index in [1.54, 1.807) is 42.6 Å². The van der Waals surface area contributed by atoms with Crippen LogP contribution in [0.2, 0.25) is 10.0 Å². The molecule has 3 aromatic rings. The van der Waals surface area contributed by atoms with Crippen molar-refractivity contribution < 1.29 is 4.79 Å². The summed E-state index contributed by atoms with van der Waals surface area (Å²) in [6.45, 7) is 0. The number of fused-ring (bicyclic) bond motifs is 1. The summed E-state index contributed by atoms with van der Waals surface area (Å²) in [4.78, 5) is 20.3. The minimum Gasteiger partial charge on any atom is -0.368 e. The van der Waals surface area contributed by atoms with Gasteiger partial charge in [0.2, 0.25) is 5.95 Å². The maximum absolute atomic E-state index is 12.2. The monoisotopic (exact) mass is 332 g/mol. The largest absolute Gasteiger partial charge is 0.368 e. The van der Waals surface area contributed by atoms with E-state index in [1.807, 2.05) is 0 Å². The molecule has 110 valence electrons. The summed E-state index contributed by atoms with van der Waals surface area (Å²) in [7, 11) is 0. The molecule has 1 amide bonds. The van der Waals surface area contributed by atoms with Crippen LogP contribution in [0.4, 0.5) is 11.6 Å². The van der Waals surface area contributed by atoms with Gasteiger partial charge in [-0.1, -0.05) is 23.2 Å². The third-order valence-electron chi connectivity index (χ3n) is 2.98. The predicted molar refractivity (Wildman–Crippen MR) is 88.4 cm³/mol. The highest BCUT2D eigenvalue weighted by molar-refractivity contribution is 6.35. The van der Waals surface area contributed by atoms with Gasteiger partial charge in [-0.25, -0.2) is 9.97 Å². The molecule has 0 unspecified atom stereocenters. The minimum absolute atomic E-state index is 0.206. The van der Waals surface area contributed by atoms with Crippen molar-refractivity contribution in [1.82, 2.24) is 9.97 Å². The van der Waals surface area contributed by atoms with Crippen molar-refractivity contribution >= 4 is 51.6 Å². The first-order chi connectivity index (χ1) is 10.5. The van der Waals surface area contributed by atoms with E-state index in [2.05, 4.69) is 15.3 Å². The molecule has 1 aromatic heterocycles. The molecule has 7 heteroatoms. The summed E-state index contributed by atoms with van der Waals surface area (Å²) in [5, 5.41) is 4.36. The fourth-order valence-electron chi connectivity index (χ4n) is 2.01. The van der Waals surface area contributed by atoms with Crippen molar-refractivity contribution in [1.29, 1.82) is 0 Å². The molecule has 22 heavy (non-hydrogen) atoms. The van der Waals surface area contributed by atoms with Crippen LogP contribution in [0.1, 0.15) is 10.4 Å². The molecule has 1 heterocycles. The van der Waals surface area contributed by atoms with Crippen molar-refractivity contribution in [3.05, 3.63) is 58.2 Å². The van der Waals surface area contributed by atoms with Gasteiger partial charge in [0.25, 0.3) is 5.91 Å². The Morgan fingerprint density at radius 3 is 2.55 bits per heavy atom. The van der Waals surface area contributed by atoms with Gasteiger partial charge in [0.05, 0.1) is 5.52 Å². The first-order valence-corrected chi connectivity index (χ1v) is 7.06. The highest BCUT2D eigenvalue weighted by Crippen LogP contribution is 2.21. The molecule has 0 aliphatic rings. The molecule has 0 saturated carbocycles. The molecule has 0 saturated heterocycles. The lowest BCUT2D eigenvalue weighted by atomic mass is 10.2. The van der Waals surface area contributed by atoms with Gasteiger partial charge in [0, 0.05) is 32.9 Å². The number of halogens is 2. The Balaban J connectivity index is 1.89. The van der Waals surface area contributed by atoms with Crippen molar-refractivity contribution in [3.63, 3.8) is 0 Å². The number of aromatic nitrogens is 2. The van der Waals surface area contributed by atoms with Crippen LogP contribution in [0.15, 0.2) is 42.6 Å². The number of rotatable bonds is 2. The van der Waals surface area contributed by atoms with Crippen molar-refractivity contribution in [2.75, 3.05) is 11.1 Å². The first-order valence-electron chi connectivity index (χ1n) is 6.31. The van der Waals surface area contributed by atoms with E-state index < -0.39 is 0 Å². The topological polar surface area (TPSA) is 80.9 Å². The Morgan fingerprint density at radius 1 is 1.09 bits per heavy atom. The van der Waals surface area contributed by atoms with Gasteiger partial charge >= 0.3 is 0 Å². The van der Waals surface area contributed by atoms with Crippen LogP contribution in [0, 0.1) is 0 Å². The van der Waals surface area contributed by atoms with Crippen molar-refractivity contribution in [2.24, 2.45) is 0 Å². The van der Waals surface area contributed by atoms with Crippen LogP contribution in [-0.4, -0.2) is 15.9 Å². The maximum atomic E-state index is 12.2. The van der Waals surface area contributed by atoms with E-state index in [0.29, 0.717) is 26.8 Å². The molecule has 0 aliphatic carbocycles. The third kappa shape index (κ3) is 3.10. The van der Waals surface area contributed by atoms with Crippen LogP contribution in [0.3, 0.4) is 0 Å². The summed E-state index contributed by atoms with van der Waals surface area (Å²) in [5.74, 6) is -0.0991. The Bertz CT molecular complexity index is 862. The van der Waals surface area contributed by atoms with Gasteiger partial charge in [-0.3, -0.25) is 4.79 Å². The number of amides is 1. The number of hydrogen-bond donors (Lipinski definition) is 2. The molecule has 2 aromatic carbocycles.